The van der Waals surface area contributed by atoms with Gasteiger partial charge in [-0.05, 0) is 25.8 Å². The summed E-state index contributed by atoms with van der Waals surface area (Å²) >= 11 is 5.56. The lowest BCUT2D eigenvalue weighted by Gasteiger charge is -1.90. The third kappa shape index (κ3) is 2.22. The van der Waals surface area contributed by atoms with Gasteiger partial charge >= 0.3 is 0 Å². The number of alkyl halides is 1. The van der Waals surface area contributed by atoms with Crippen LogP contribution in [-0.2, 0) is 13.5 Å². The van der Waals surface area contributed by atoms with Crippen LogP contribution in [-0.4, -0.2) is 15.7 Å². The number of aryl methyl sites for hydroxylation is 3. The van der Waals surface area contributed by atoms with Crippen molar-refractivity contribution in [1.29, 1.82) is 0 Å². The van der Waals surface area contributed by atoms with Gasteiger partial charge in [0, 0.05) is 18.6 Å². The van der Waals surface area contributed by atoms with Crippen molar-refractivity contribution in [1.82, 2.24) is 9.78 Å². The van der Waals surface area contributed by atoms with Gasteiger partial charge in [-0.1, -0.05) is 0 Å². The van der Waals surface area contributed by atoms with Crippen molar-refractivity contribution in [3.05, 3.63) is 17.5 Å². The molecule has 1 heterocycles. The van der Waals surface area contributed by atoms with Crippen LogP contribution in [0.25, 0.3) is 0 Å². The topological polar surface area (TPSA) is 17.8 Å². The van der Waals surface area contributed by atoms with Gasteiger partial charge in [-0.25, -0.2) is 0 Å². The van der Waals surface area contributed by atoms with E-state index in [2.05, 4.69) is 18.1 Å². The highest BCUT2D eigenvalue weighted by Crippen LogP contribution is 2.04. The summed E-state index contributed by atoms with van der Waals surface area (Å²) in [5.74, 6) is 0.718. The molecule has 0 aliphatic heterocycles. The van der Waals surface area contributed by atoms with Crippen molar-refractivity contribution in [3.8, 4) is 0 Å². The van der Waals surface area contributed by atoms with Crippen LogP contribution >= 0.6 is 11.6 Å². The molecule has 0 N–H and O–H groups in total. The molecule has 0 aliphatic rings. The molecular formula is C8H13ClN2. The Bertz CT molecular complexity index is 210. The van der Waals surface area contributed by atoms with E-state index in [1.54, 1.807) is 0 Å². The fourth-order valence-electron chi connectivity index (χ4n) is 1.01. The number of nitrogens with zero attached hydrogens (tertiary/aromatic N) is 2. The molecular weight excluding hydrogens is 160 g/mol. The van der Waals surface area contributed by atoms with Crippen molar-refractivity contribution in [2.24, 2.45) is 7.05 Å². The molecule has 0 fully saturated rings. The van der Waals surface area contributed by atoms with Crippen molar-refractivity contribution in [2.45, 2.75) is 19.8 Å². The highest BCUT2D eigenvalue weighted by Gasteiger charge is 1.99. The Balaban J connectivity index is 2.58. The van der Waals surface area contributed by atoms with Crippen LogP contribution in [0.4, 0.5) is 0 Å². The number of hydrogen-bond donors (Lipinski definition) is 0. The van der Waals surface area contributed by atoms with E-state index in [-0.39, 0.29) is 0 Å². The molecule has 2 nitrogen and oxygen atoms in total. The molecule has 0 radical (unpaired) electrons. The van der Waals surface area contributed by atoms with E-state index in [9.17, 15) is 0 Å². The third-order valence-electron chi connectivity index (χ3n) is 1.73. The lowest BCUT2D eigenvalue weighted by atomic mass is 10.2. The number of hydrogen-bond acceptors (Lipinski definition) is 1. The Kier molecular flexibility index (Phi) is 2.94. The van der Waals surface area contributed by atoms with Gasteiger partial charge in [-0.15, -0.1) is 11.6 Å². The Morgan fingerprint density at radius 1 is 1.64 bits per heavy atom. The molecule has 0 bridgehead atoms. The normalized spacial score (nSPS) is 10.5. The molecule has 1 rings (SSSR count). The van der Waals surface area contributed by atoms with Gasteiger partial charge in [0.25, 0.3) is 0 Å². The van der Waals surface area contributed by atoms with Gasteiger partial charge in [0.1, 0.15) is 0 Å². The van der Waals surface area contributed by atoms with Crippen LogP contribution in [0.1, 0.15) is 17.8 Å². The van der Waals surface area contributed by atoms with Crippen LogP contribution in [0.3, 0.4) is 0 Å². The fourth-order valence-corrected chi connectivity index (χ4v) is 1.14. The molecule has 3 heteroatoms. The minimum absolute atomic E-state index is 0.718. The smallest absolute Gasteiger partial charge is 0.0627 e. The van der Waals surface area contributed by atoms with Crippen LogP contribution < -0.4 is 0 Å². The minimum Gasteiger partial charge on any atom is -0.273 e. The average molecular weight is 173 g/mol. The van der Waals surface area contributed by atoms with Crippen LogP contribution in [0.5, 0.6) is 0 Å². The maximum absolute atomic E-state index is 5.56. The summed E-state index contributed by atoms with van der Waals surface area (Å²) in [5, 5.41) is 4.31. The Morgan fingerprint density at radius 3 is 2.82 bits per heavy atom. The summed E-state index contributed by atoms with van der Waals surface area (Å²) in [5.41, 5.74) is 2.35. The van der Waals surface area contributed by atoms with E-state index in [4.69, 9.17) is 11.6 Å². The molecule has 0 amide bonds. The third-order valence-corrected chi connectivity index (χ3v) is 2.00. The van der Waals surface area contributed by atoms with Crippen LogP contribution in [0.2, 0.25) is 0 Å². The summed E-state index contributed by atoms with van der Waals surface area (Å²) in [6, 6.07) is 2.10. The molecule has 0 saturated carbocycles. The molecule has 0 aliphatic carbocycles. The van der Waals surface area contributed by atoms with Crippen molar-refractivity contribution in [2.75, 3.05) is 5.88 Å². The monoisotopic (exact) mass is 172 g/mol. The maximum atomic E-state index is 5.56. The number of rotatable bonds is 3. The zero-order chi connectivity index (χ0) is 8.27. The summed E-state index contributed by atoms with van der Waals surface area (Å²) in [7, 11) is 1.96. The lowest BCUT2D eigenvalue weighted by molar-refractivity contribution is 0.714. The van der Waals surface area contributed by atoms with E-state index in [0.29, 0.717) is 0 Å². The van der Waals surface area contributed by atoms with Crippen molar-refractivity contribution < 1.29 is 0 Å². The van der Waals surface area contributed by atoms with Crippen molar-refractivity contribution >= 4 is 11.6 Å². The second-order valence-electron chi connectivity index (χ2n) is 2.69. The van der Waals surface area contributed by atoms with E-state index in [1.165, 1.54) is 5.69 Å². The van der Waals surface area contributed by atoms with Gasteiger partial charge in [0.15, 0.2) is 0 Å². The first-order valence-electron chi connectivity index (χ1n) is 3.79. The molecule has 0 atom stereocenters. The first-order valence-corrected chi connectivity index (χ1v) is 4.33. The Hall–Kier alpha value is -0.500. The lowest BCUT2D eigenvalue weighted by Crippen LogP contribution is -1.94. The quantitative estimate of drug-likeness (QED) is 0.637. The number of aromatic nitrogens is 2. The predicted molar refractivity (Wildman–Crippen MR) is 47.0 cm³/mol. The Morgan fingerprint density at radius 2 is 2.36 bits per heavy atom. The van der Waals surface area contributed by atoms with E-state index in [0.717, 1.165) is 24.4 Å². The molecule has 0 spiro atoms. The molecule has 0 unspecified atom stereocenters. The van der Waals surface area contributed by atoms with Gasteiger partial charge in [-0.3, -0.25) is 4.68 Å². The molecule has 1 aromatic rings. The first kappa shape index (κ1) is 8.60. The summed E-state index contributed by atoms with van der Waals surface area (Å²) in [4.78, 5) is 0. The minimum atomic E-state index is 0.718. The zero-order valence-electron chi connectivity index (χ0n) is 6.97. The van der Waals surface area contributed by atoms with E-state index in [1.807, 2.05) is 11.7 Å². The maximum Gasteiger partial charge on any atom is 0.0627 e. The second-order valence-corrected chi connectivity index (χ2v) is 3.07. The molecule has 0 saturated heterocycles. The van der Waals surface area contributed by atoms with Gasteiger partial charge in [-0.2, -0.15) is 5.10 Å². The van der Waals surface area contributed by atoms with Gasteiger partial charge < -0.3 is 0 Å². The summed E-state index contributed by atoms with van der Waals surface area (Å²) in [6.45, 7) is 2.05. The molecule has 1 aromatic heterocycles. The second kappa shape index (κ2) is 3.77. The molecule has 11 heavy (non-hydrogen) atoms. The molecule has 0 aromatic carbocycles. The van der Waals surface area contributed by atoms with E-state index < -0.39 is 0 Å². The molecule has 62 valence electrons. The highest BCUT2D eigenvalue weighted by molar-refractivity contribution is 6.17. The van der Waals surface area contributed by atoms with Gasteiger partial charge in [0.05, 0.1) is 5.69 Å². The standard InChI is InChI=1S/C8H13ClN2/c1-7-6-8(4-3-5-9)10-11(7)2/h6H,3-5H2,1-2H3. The van der Waals surface area contributed by atoms with Crippen LogP contribution in [0, 0.1) is 6.92 Å². The summed E-state index contributed by atoms with van der Waals surface area (Å²) < 4.78 is 1.89. The van der Waals surface area contributed by atoms with E-state index >= 15 is 0 Å². The largest absolute Gasteiger partial charge is 0.273 e. The summed E-state index contributed by atoms with van der Waals surface area (Å²) in [6.07, 6.45) is 2.00. The van der Waals surface area contributed by atoms with Gasteiger partial charge in [0.2, 0.25) is 0 Å². The predicted octanol–water partition coefficient (Wildman–Crippen LogP) is 1.90. The highest BCUT2D eigenvalue weighted by atomic mass is 35.5. The van der Waals surface area contributed by atoms with Crippen molar-refractivity contribution in [3.63, 3.8) is 0 Å². The first-order chi connectivity index (χ1) is 5.24. The SMILES string of the molecule is Cc1cc(CCCCl)nn1C. The zero-order valence-corrected chi connectivity index (χ0v) is 7.73. The van der Waals surface area contributed by atoms with Crippen LogP contribution in [0.15, 0.2) is 6.07 Å². The Labute approximate surface area is 72.2 Å². The fraction of sp³-hybridized carbons (Fsp3) is 0.625. The average Bonchev–Trinajstić information content (AvgIpc) is 2.28. The number of halogens is 1.